The molecule has 1 aromatic heterocycles. The Balaban J connectivity index is 2.27. The lowest BCUT2D eigenvalue weighted by molar-refractivity contribution is -0.160. The van der Waals surface area contributed by atoms with E-state index in [1.165, 1.54) is 4.88 Å². The average molecular weight is 239 g/mol. The molecule has 2 heterocycles. The van der Waals surface area contributed by atoms with Gasteiger partial charge < -0.3 is 9.94 Å². The fourth-order valence-electron chi connectivity index (χ4n) is 1.72. The molecule has 0 amide bonds. The van der Waals surface area contributed by atoms with Gasteiger partial charge in [0.15, 0.2) is 0 Å². The minimum Gasteiger partial charge on any atom is -0.478 e. The van der Waals surface area contributed by atoms with Crippen molar-refractivity contribution in [3.8, 4) is 0 Å². The van der Waals surface area contributed by atoms with Crippen LogP contribution in [0.4, 0.5) is 0 Å². The van der Waals surface area contributed by atoms with Gasteiger partial charge in [0, 0.05) is 21.7 Å². The number of carboxylic acids is 1. The molecule has 1 unspecified atom stereocenters. The lowest BCUT2D eigenvalue weighted by atomic mass is 9.96. The van der Waals surface area contributed by atoms with E-state index in [-0.39, 0.29) is 0 Å². The summed E-state index contributed by atoms with van der Waals surface area (Å²) in [5, 5.41) is 12.9. The normalized spacial score (nSPS) is 24.1. The standard InChI is InChI=1S/C11H13NO3S/c1-6-4-8(7(2)16-6)9-5-11(3,10(13)14)15-12-9/h4H,5H2,1-3H3,(H,13,14). The third-order valence-electron chi connectivity index (χ3n) is 2.67. The number of carboxylic acid groups (broad SMARTS) is 1. The van der Waals surface area contributed by atoms with Crippen LogP contribution in [0.5, 0.6) is 0 Å². The molecule has 4 nitrogen and oxygen atoms in total. The van der Waals surface area contributed by atoms with Crippen molar-refractivity contribution in [1.82, 2.24) is 0 Å². The van der Waals surface area contributed by atoms with Crippen LogP contribution < -0.4 is 0 Å². The summed E-state index contributed by atoms with van der Waals surface area (Å²) in [6.45, 7) is 5.57. The van der Waals surface area contributed by atoms with Crippen molar-refractivity contribution < 1.29 is 14.7 Å². The number of hydrogen-bond donors (Lipinski definition) is 1. The Morgan fingerprint density at radius 1 is 1.62 bits per heavy atom. The zero-order valence-electron chi connectivity index (χ0n) is 9.40. The summed E-state index contributed by atoms with van der Waals surface area (Å²) in [7, 11) is 0. The van der Waals surface area contributed by atoms with E-state index in [1.807, 2.05) is 19.9 Å². The van der Waals surface area contributed by atoms with Gasteiger partial charge >= 0.3 is 5.97 Å². The van der Waals surface area contributed by atoms with E-state index in [4.69, 9.17) is 9.94 Å². The molecule has 0 fully saturated rings. The Hall–Kier alpha value is -1.36. The highest BCUT2D eigenvalue weighted by atomic mass is 32.1. The maximum atomic E-state index is 11.0. The van der Waals surface area contributed by atoms with Gasteiger partial charge in [-0.25, -0.2) is 4.79 Å². The third kappa shape index (κ3) is 1.71. The molecule has 0 saturated heterocycles. The molecule has 1 aliphatic rings. The second-order valence-corrected chi connectivity index (χ2v) is 5.63. The van der Waals surface area contributed by atoms with Gasteiger partial charge in [-0.3, -0.25) is 0 Å². The van der Waals surface area contributed by atoms with Gasteiger partial charge in [-0.05, 0) is 26.8 Å². The number of rotatable bonds is 2. The largest absolute Gasteiger partial charge is 0.478 e. The zero-order chi connectivity index (χ0) is 11.9. The number of nitrogens with zero attached hydrogens (tertiary/aromatic N) is 1. The van der Waals surface area contributed by atoms with Gasteiger partial charge in [0.05, 0.1) is 5.71 Å². The average Bonchev–Trinajstić information content (AvgIpc) is 2.71. The molecule has 0 radical (unpaired) electrons. The van der Waals surface area contributed by atoms with Crippen LogP contribution >= 0.6 is 11.3 Å². The molecule has 0 bridgehead atoms. The summed E-state index contributed by atoms with van der Waals surface area (Å²) in [4.78, 5) is 18.4. The predicted octanol–water partition coefficient (Wildman–Crippen LogP) is 2.33. The van der Waals surface area contributed by atoms with E-state index in [1.54, 1.807) is 18.3 Å². The molecule has 1 aromatic rings. The van der Waals surface area contributed by atoms with Crippen molar-refractivity contribution in [1.29, 1.82) is 0 Å². The van der Waals surface area contributed by atoms with Crippen LogP contribution in [0.1, 0.15) is 28.7 Å². The highest BCUT2D eigenvalue weighted by Gasteiger charge is 2.42. The molecule has 2 rings (SSSR count). The number of aryl methyl sites for hydroxylation is 2. The Morgan fingerprint density at radius 3 is 2.75 bits per heavy atom. The number of carbonyl (C=O) groups is 1. The quantitative estimate of drug-likeness (QED) is 0.861. The van der Waals surface area contributed by atoms with Gasteiger partial charge in [-0.15, -0.1) is 11.3 Å². The summed E-state index contributed by atoms with van der Waals surface area (Å²) >= 11 is 1.68. The third-order valence-corrected chi connectivity index (χ3v) is 3.63. The van der Waals surface area contributed by atoms with Crippen molar-refractivity contribution >= 4 is 23.0 Å². The van der Waals surface area contributed by atoms with E-state index >= 15 is 0 Å². The van der Waals surface area contributed by atoms with Gasteiger partial charge in [-0.1, -0.05) is 5.16 Å². The molecular formula is C11H13NO3S. The van der Waals surface area contributed by atoms with Crippen molar-refractivity contribution in [3.63, 3.8) is 0 Å². The molecule has 16 heavy (non-hydrogen) atoms. The first-order chi connectivity index (χ1) is 7.42. The van der Waals surface area contributed by atoms with Gasteiger partial charge in [-0.2, -0.15) is 0 Å². The Labute approximate surface area is 97.5 Å². The molecule has 1 aliphatic heterocycles. The molecule has 86 valence electrons. The van der Waals surface area contributed by atoms with Crippen LogP contribution in [0.2, 0.25) is 0 Å². The van der Waals surface area contributed by atoms with Crippen LogP contribution in [0.15, 0.2) is 11.2 Å². The number of oxime groups is 1. The maximum Gasteiger partial charge on any atom is 0.351 e. The Bertz CT molecular complexity index is 478. The number of aliphatic carboxylic acids is 1. The van der Waals surface area contributed by atoms with E-state index < -0.39 is 11.6 Å². The van der Waals surface area contributed by atoms with E-state index in [0.29, 0.717) is 6.42 Å². The minimum atomic E-state index is -1.21. The summed E-state index contributed by atoms with van der Waals surface area (Å²) < 4.78 is 0. The molecule has 0 spiro atoms. The highest BCUT2D eigenvalue weighted by molar-refractivity contribution is 7.12. The van der Waals surface area contributed by atoms with Crippen LogP contribution in [-0.2, 0) is 9.63 Å². The molecular weight excluding hydrogens is 226 g/mol. The van der Waals surface area contributed by atoms with E-state index in [9.17, 15) is 4.79 Å². The fraction of sp³-hybridized carbons (Fsp3) is 0.455. The van der Waals surface area contributed by atoms with Gasteiger partial charge in [0.25, 0.3) is 0 Å². The van der Waals surface area contributed by atoms with Crippen molar-refractivity contribution in [3.05, 3.63) is 21.4 Å². The van der Waals surface area contributed by atoms with E-state index in [2.05, 4.69) is 5.16 Å². The van der Waals surface area contributed by atoms with Crippen molar-refractivity contribution in [2.24, 2.45) is 5.16 Å². The fourth-order valence-corrected chi connectivity index (χ4v) is 2.66. The van der Waals surface area contributed by atoms with E-state index in [0.717, 1.165) is 16.2 Å². The SMILES string of the molecule is Cc1cc(C2=NOC(C)(C(=O)O)C2)c(C)s1. The first-order valence-electron chi connectivity index (χ1n) is 4.98. The molecule has 0 saturated carbocycles. The van der Waals surface area contributed by atoms with Gasteiger partial charge in [0.1, 0.15) is 0 Å². The second kappa shape index (κ2) is 3.59. The predicted molar refractivity (Wildman–Crippen MR) is 62.1 cm³/mol. The zero-order valence-corrected chi connectivity index (χ0v) is 10.2. The maximum absolute atomic E-state index is 11.0. The molecule has 0 aliphatic carbocycles. The monoisotopic (exact) mass is 239 g/mol. The lowest BCUT2D eigenvalue weighted by Gasteiger charge is -2.14. The summed E-state index contributed by atoms with van der Waals surface area (Å²) in [6.07, 6.45) is 0.319. The van der Waals surface area contributed by atoms with Crippen molar-refractivity contribution in [2.75, 3.05) is 0 Å². The first-order valence-corrected chi connectivity index (χ1v) is 5.80. The number of hydrogen-bond acceptors (Lipinski definition) is 4. The molecule has 1 N–H and O–H groups in total. The van der Waals surface area contributed by atoms with Gasteiger partial charge in [0.2, 0.25) is 5.60 Å². The van der Waals surface area contributed by atoms with Crippen LogP contribution in [0.3, 0.4) is 0 Å². The lowest BCUT2D eigenvalue weighted by Crippen LogP contribution is -2.35. The minimum absolute atomic E-state index is 0.319. The highest BCUT2D eigenvalue weighted by Crippen LogP contribution is 2.30. The summed E-state index contributed by atoms with van der Waals surface area (Å²) in [5.41, 5.74) is 0.525. The Kier molecular flexibility index (Phi) is 2.50. The molecule has 1 atom stereocenters. The second-order valence-electron chi connectivity index (χ2n) is 4.17. The van der Waals surface area contributed by atoms with Crippen LogP contribution in [0, 0.1) is 13.8 Å². The Morgan fingerprint density at radius 2 is 2.31 bits per heavy atom. The van der Waals surface area contributed by atoms with Crippen LogP contribution in [0.25, 0.3) is 0 Å². The number of thiophene rings is 1. The summed E-state index contributed by atoms with van der Waals surface area (Å²) in [6, 6.07) is 2.02. The molecule has 5 heteroatoms. The molecule has 0 aromatic carbocycles. The summed E-state index contributed by atoms with van der Waals surface area (Å²) in [5.74, 6) is -0.976. The van der Waals surface area contributed by atoms with Crippen molar-refractivity contribution in [2.45, 2.75) is 32.8 Å². The topological polar surface area (TPSA) is 58.9 Å². The van der Waals surface area contributed by atoms with Crippen LogP contribution in [-0.4, -0.2) is 22.4 Å². The first kappa shape index (κ1) is 11.1. The smallest absolute Gasteiger partial charge is 0.351 e.